The first-order valence-electron chi connectivity index (χ1n) is 7.31. The number of hydrogen-bond acceptors (Lipinski definition) is 4. The van der Waals surface area contributed by atoms with E-state index in [1.54, 1.807) is 14.1 Å². The SMILES string of the molecule is C[N+](C)(CC[O-])CCCN(CCO)S(=O)(=O)C(F)(F)C(F)(F)C(F)(F)F. The van der Waals surface area contributed by atoms with E-state index in [1.807, 2.05) is 0 Å². The molecule has 0 aromatic carbocycles. The Hall–Kier alpha value is -0.700. The van der Waals surface area contributed by atoms with Gasteiger partial charge in [0.25, 0.3) is 10.0 Å². The zero-order valence-electron chi connectivity index (χ0n) is 14.1. The Morgan fingerprint density at radius 2 is 1.50 bits per heavy atom. The van der Waals surface area contributed by atoms with Crippen LogP contribution in [0.1, 0.15) is 6.42 Å². The molecule has 0 aromatic heterocycles. The number of hydrogen-bond donors (Lipinski definition) is 1. The maximum absolute atomic E-state index is 13.6. The molecule has 0 radical (unpaired) electrons. The third-order valence-electron chi connectivity index (χ3n) is 3.60. The Morgan fingerprint density at radius 3 is 1.88 bits per heavy atom. The quantitative estimate of drug-likeness (QED) is 0.382. The van der Waals surface area contributed by atoms with Gasteiger partial charge in [0.05, 0.1) is 33.8 Å². The smallest absolute Gasteiger partial charge is 0.461 e. The zero-order chi connectivity index (χ0) is 21.0. The minimum Gasteiger partial charge on any atom is -0.850 e. The largest absolute Gasteiger partial charge is 0.850 e. The highest BCUT2D eigenvalue weighted by atomic mass is 32.2. The van der Waals surface area contributed by atoms with Gasteiger partial charge in [-0.25, -0.2) is 8.42 Å². The molecule has 14 heteroatoms. The number of nitrogens with zero attached hydrogens (tertiary/aromatic N) is 2. The second-order valence-electron chi connectivity index (χ2n) is 6.16. The second-order valence-corrected chi connectivity index (χ2v) is 8.14. The molecule has 0 amide bonds. The van der Waals surface area contributed by atoms with Gasteiger partial charge in [-0.2, -0.15) is 35.0 Å². The number of aliphatic hydroxyl groups excluding tert-OH is 1. The van der Waals surface area contributed by atoms with Crippen LogP contribution in [0.2, 0.25) is 0 Å². The molecule has 0 unspecified atom stereocenters. The van der Waals surface area contributed by atoms with Gasteiger partial charge in [-0.3, -0.25) is 0 Å². The normalized spacial score (nSPS) is 14.9. The number of sulfonamides is 1. The summed E-state index contributed by atoms with van der Waals surface area (Å²) in [5.74, 6) is -6.82. The lowest BCUT2D eigenvalue weighted by molar-refractivity contribution is -0.895. The molecule has 158 valence electrons. The third-order valence-corrected chi connectivity index (χ3v) is 5.55. The van der Waals surface area contributed by atoms with Crippen molar-refractivity contribution in [1.82, 2.24) is 4.31 Å². The summed E-state index contributed by atoms with van der Waals surface area (Å²) in [6.07, 6.45) is -7.00. The number of halogens is 7. The standard InChI is InChI=1S/C12H21F7N2O4S/c1-21(2,7-9-23)6-3-4-20(5-8-22)26(24,25)12(18,19)10(13,14)11(15,16)17/h22H,3-9H2,1-2H3. The molecule has 0 aliphatic carbocycles. The van der Waals surface area contributed by atoms with Crippen LogP contribution in [0.5, 0.6) is 0 Å². The maximum Gasteiger partial charge on any atom is 0.461 e. The highest BCUT2D eigenvalue weighted by Crippen LogP contribution is 2.49. The molecule has 26 heavy (non-hydrogen) atoms. The molecule has 6 nitrogen and oxygen atoms in total. The van der Waals surface area contributed by atoms with Crippen LogP contribution in [-0.2, 0) is 10.0 Å². The molecule has 0 saturated heterocycles. The van der Waals surface area contributed by atoms with Gasteiger partial charge >= 0.3 is 17.4 Å². The van der Waals surface area contributed by atoms with Crippen LogP contribution in [0.15, 0.2) is 0 Å². The first-order chi connectivity index (χ1) is 11.5. The monoisotopic (exact) mass is 422 g/mol. The first-order valence-corrected chi connectivity index (χ1v) is 8.75. The Balaban J connectivity index is 5.52. The molecule has 1 N–H and O–H groups in total. The van der Waals surface area contributed by atoms with E-state index in [0.717, 1.165) is 0 Å². The van der Waals surface area contributed by atoms with Gasteiger partial charge in [0.15, 0.2) is 0 Å². The van der Waals surface area contributed by atoms with Crippen molar-refractivity contribution in [2.24, 2.45) is 0 Å². The zero-order valence-corrected chi connectivity index (χ0v) is 14.9. The van der Waals surface area contributed by atoms with E-state index in [2.05, 4.69) is 0 Å². The molecule has 0 heterocycles. The lowest BCUT2D eigenvalue weighted by Crippen LogP contribution is -2.60. The summed E-state index contributed by atoms with van der Waals surface area (Å²) in [5.41, 5.74) is 0. The van der Waals surface area contributed by atoms with Crippen LogP contribution in [0.25, 0.3) is 0 Å². The molecule has 0 fully saturated rings. The Morgan fingerprint density at radius 1 is 1.00 bits per heavy atom. The van der Waals surface area contributed by atoms with Crippen LogP contribution in [-0.4, -0.2) is 93.2 Å². The van der Waals surface area contributed by atoms with Gasteiger partial charge in [0.2, 0.25) is 0 Å². The first kappa shape index (κ1) is 25.3. The molecule has 0 aromatic rings. The van der Waals surface area contributed by atoms with Crippen LogP contribution in [0.4, 0.5) is 30.7 Å². The summed E-state index contributed by atoms with van der Waals surface area (Å²) in [7, 11) is -3.30. The number of alkyl halides is 7. The van der Waals surface area contributed by atoms with E-state index in [-0.39, 0.29) is 28.3 Å². The lowest BCUT2D eigenvalue weighted by atomic mass is 10.3. The summed E-state index contributed by atoms with van der Waals surface area (Å²) in [5, 5.41) is 12.9. The van der Waals surface area contributed by atoms with Crippen molar-refractivity contribution < 1.29 is 53.8 Å². The summed E-state index contributed by atoms with van der Waals surface area (Å²) >= 11 is 0. The number of likely N-dealkylation sites (N-methyl/N-ethyl adjacent to an activating group) is 1. The van der Waals surface area contributed by atoms with Crippen LogP contribution in [0.3, 0.4) is 0 Å². The van der Waals surface area contributed by atoms with Gasteiger partial charge in [0.1, 0.15) is 0 Å². The van der Waals surface area contributed by atoms with Gasteiger partial charge in [-0.05, 0) is 0 Å². The Labute approximate surface area is 146 Å². The van der Waals surface area contributed by atoms with Crippen LogP contribution < -0.4 is 5.11 Å². The average molecular weight is 422 g/mol. The number of quaternary nitrogens is 1. The molecular weight excluding hydrogens is 401 g/mol. The van der Waals surface area contributed by atoms with Crippen molar-refractivity contribution >= 4 is 10.0 Å². The molecule has 0 atom stereocenters. The fourth-order valence-corrected chi connectivity index (χ4v) is 3.44. The molecule has 0 aliphatic heterocycles. The highest BCUT2D eigenvalue weighted by Gasteiger charge is 2.79. The van der Waals surface area contributed by atoms with Crippen LogP contribution >= 0.6 is 0 Å². The molecule has 0 saturated carbocycles. The van der Waals surface area contributed by atoms with E-state index in [0.29, 0.717) is 0 Å². The van der Waals surface area contributed by atoms with Gasteiger partial charge in [-0.1, -0.05) is 6.61 Å². The summed E-state index contributed by atoms with van der Waals surface area (Å²) in [6.45, 7) is -3.28. The Bertz CT molecular complexity index is 552. The minimum absolute atomic E-state index is 0.0611. The van der Waals surface area contributed by atoms with Gasteiger partial charge in [0, 0.05) is 19.5 Å². The minimum atomic E-state index is -6.82. The van der Waals surface area contributed by atoms with E-state index in [4.69, 9.17) is 5.11 Å². The molecule has 0 rings (SSSR count). The van der Waals surface area contributed by atoms with Crippen molar-refractivity contribution in [2.75, 3.05) is 53.5 Å². The number of aliphatic hydroxyl groups is 1. The van der Waals surface area contributed by atoms with E-state index >= 15 is 0 Å². The average Bonchev–Trinajstić information content (AvgIpc) is 2.44. The van der Waals surface area contributed by atoms with Crippen molar-refractivity contribution in [3.05, 3.63) is 0 Å². The molecule has 0 aliphatic rings. The highest BCUT2D eigenvalue weighted by molar-refractivity contribution is 7.90. The summed E-state index contributed by atoms with van der Waals surface area (Å²) in [6, 6.07) is 0. The van der Waals surface area contributed by atoms with Crippen molar-refractivity contribution in [3.63, 3.8) is 0 Å². The molecule has 0 bridgehead atoms. The summed E-state index contributed by atoms with van der Waals surface area (Å²) in [4.78, 5) is 0. The molecular formula is C12H21F7N2O4S. The maximum atomic E-state index is 13.6. The summed E-state index contributed by atoms with van der Waals surface area (Å²) < 4.78 is 113. The van der Waals surface area contributed by atoms with E-state index in [1.165, 1.54) is 0 Å². The Kier molecular flexibility index (Phi) is 8.31. The van der Waals surface area contributed by atoms with Gasteiger partial charge in [-0.15, -0.1) is 0 Å². The van der Waals surface area contributed by atoms with Crippen molar-refractivity contribution in [1.29, 1.82) is 0 Å². The second kappa shape index (κ2) is 8.54. The third kappa shape index (κ3) is 5.41. The predicted molar refractivity (Wildman–Crippen MR) is 74.9 cm³/mol. The number of rotatable bonds is 11. The van der Waals surface area contributed by atoms with Crippen molar-refractivity contribution in [3.8, 4) is 0 Å². The van der Waals surface area contributed by atoms with Crippen LogP contribution in [0, 0.1) is 0 Å². The fourth-order valence-electron chi connectivity index (χ4n) is 1.99. The van der Waals surface area contributed by atoms with Crippen molar-refractivity contribution in [2.45, 2.75) is 23.8 Å². The van der Waals surface area contributed by atoms with Gasteiger partial charge < -0.3 is 14.7 Å². The lowest BCUT2D eigenvalue weighted by Gasteiger charge is -2.34. The van der Waals surface area contributed by atoms with E-state index in [9.17, 15) is 44.3 Å². The fraction of sp³-hybridized carbons (Fsp3) is 1.00. The predicted octanol–water partition coefficient (Wildman–Crippen LogP) is 0.228. The molecule has 0 spiro atoms. The topological polar surface area (TPSA) is 80.7 Å². The van der Waals surface area contributed by atoms with E-state index < -0.39 is 53.7 Å².